The van der Waals surface area contributed by atoms with E-state index in [0.717, 1.165) is 17.0 Å². The summed E-state index contributed by atoms with van der Waals surface area (Å²) in [5, 5.41) is 5.25. The minimum absolute atomic E-state index is 0.101. The summed E-state index contributed by atoms with van der Waals surface area (Å²) in [5.74, 6) is 0.101. The van der Waals surface area contributed by atoms with Crippen molar-refractivity contribution in [3.8, 4) is 0 Å². The lowest BCUT2D eigenvalue weighted by atomic mass is 10.2. The summed E-state index contributed by atoms with van der Waals surface area (Å²) in [6, 6.07) is 8.96. The van der Waals surface area contributed by atoms with Crippen molar-refractivity contribution in [3.63, 3.8) is 0 Å². The van der Waals surface area contributed by atoms with Gasteiger partial charge in [-0.3, -0.25) is 4.79 Å². The zero-order valence-electron chi connectivity index (χ0n) is 13.3. The smallest absolute Gasteiger partial charge is 0.321 e. The Kier molecular flexibility index (Phi) is 5.06. The summed E-state index contributed by atoms with van der Waals surface area (Å²) in [7, 11) is 1.73. The molecule has 2 heterocycles. The Morgan fingerprint density at radius 1 is 1.42 bits per heavy atom. The molecule has 126 valence electrons. The fourth-order valence-electron chi connectivity index (χ4n) is 2.62. The normalized spacial score (nSPS) is 14.1. The van der Waals surface area contributed by atoms with Gasteiger partial charge in [-0.2, -0.15) is 0 Å². The van der Waals surface area contributed by atoms with Gasteiger partial charge < -0.3 is 15.1 Å². The number of benzene rings is 1. The van der Waals surface area contributed by atoms with Gasteiger partial charge >= 0.3 is 6.03 Å². The van der Waals surface area contributed by atoms with Crippen LogP contribution in [0.1, 0.15) is 17.7 Å². The maximum Gasteiger partial charge on any atom is 0.321 e. The van der Waals surface area contributed by atoms with E-state index in [4.69, 9.17) is 11.6 Å². The monoisotopic (exact) mass is 363 g/mol. The van der Waals surface area contributed by atoms with E-state index in [1.165, 1.54) is 0 Å². The van der Waals surface area contributed by atoms with Crippen molar-refractivity contribution in [2.45, 2.75) is 19.4 Å². The molecule has 0 unspecified atom stereocenters. The van der Waals surface area contributed by atoms with Crippen molar-refractivity contribution in [2.75, 3.05) is 23.8 Å². The molecule has 0 atom stereocenters. The van der Waals surface area contributed by atoms with Gasteiger partial charge in [0.2, 0.25) is 5.91 Å². The van der Waals surface area contributed by atoms with Gasteiger partial charge in [0.25, 0.3) is 0 Å². The fraction of sp³-hybridized carbons (Fsp3) is 0.294. The number of amides is 3. The Morgan fingerprint density at radius 3 is 2.92 bits per heavy atom. The van der Waals surface area contributed by atoms with Gasteiger partial charge in [-0.05, 0) is 36.1 Å². The molecule has 0 saturated carbocycles. The lowest BCUT2D eigenvalue weighted by Gasteiger charge is -2.20. The second kappa shape index (κ2) is 7.23. The van der Waals surface area contributed by atoms with Crippen molar-refractivity contribution in [1.82, 2.24) is 4.90 Å². The molecule has 1 aliphatic rings. The molecule has 1 N–H and O–H groups in total. The van der Waals surface area contributed by atoms with Crippen LogP contribution in [0.25, 0.3) is 0 Å². The molecule has 0 bridgehead atoms. The third kappa shape index (κ3) is 3.71. The second-order valence-electron chi connectivity index (χ2n) is 5.68. The van der Waals surface area contributed by atoms with Crippen LogP contribution in [0.15, 0.2) is 35.7 Å². The van der Waals surface area contributed by atoms with E-state index in [2.05, 4.69) is 5.32 Å². The molecule has 1 aromatic carbocycles. The third-order valence-corrected chi connectivity index (χ3v) is 5.09. The number of nitrogens with one attached hydrogen (secondary N) is 1. The molecule has 3 amide bonds. The zero-order valence-corrected chi connectivity index (χ0v) is 14.9. The molecule has 0 spiro atoms. The summed E-state index contributed by atoms with van der Waals surface area (Å²) in [5.41, 5.74) is 1.27. The number of halogens is 1. The van der Waals surface area contributed by atoms with Gasteiger partial charge in [0.15, 0.2) is 0 Å². The molecule has 5 nitrogen and oxygen atoms in total. The summed E-state index contributed by atoms with van der Waals surface area (Å²) in [6.45, 7) is 1.23. The summed E-state index contributed by atoms with van der Waals surface area (Å²) in [6.07, 6.45) is 1.42. The second-order valence-corrected chi connectivity index (χ2v) is 7.12. The Bertz CT molecular complexity index is 748. The number of rotatable bonds is 4. The van der Waals surface area contributed by atoms with Gasteiger partial charge in [-0.25, -0.2) is 4.79 Å². The number of urea groups is 1. The number of anilines is 2. The van der Waals surface area contributed by atoms with Crippen LogP contribution in [0.5, 0.6) is 0 Å². The summed E-state index contributed by atoms with van der Waals surface area (Å²) < 4.78 is 0. The standard InChI is InChI=1S/C17H18ClN3O2S/c1-20(11-13-4-3-9-24-13)17(23)19-15-10-12(6-7-14(15)18)21-8-2-5-16(21)22/h3-4,6-7,9-10H,2,5,8,11H2,1H3,(H,19,23). The maximum atomic E-state index is 12.4. The van der Waals surface area contributed by atoms with Gasteiger partial charge in [0.05, 0.1) is 17.3 Å². The molecule has 0 radical (unpaired) electrons. The third-order valence-electron chi connectivity index (χ3n) is 3.90. The SMILES string of the molecule is CN(Cc1cccs1)C(=O)Nc1cc(N2CCCC2=O)ccc1Cl. The lowest BCUT2D eigenvalue weighted by molar-refractivity contribution is -0.117. The zero-order chi connectivity index (χ0) is 17.1. The van der Waals surface area contributed by atoms with Crippen LogP contribution in [0, 0.1) is 0 Å². The number of carbonyl (C=O) groups excluding carboxylic acids is 2. The van der Waals surface area contributed by atoms with Crippen LogP contribution >= 0.6 is 22.9 Å². The van der Waals surface area contributed by atoms with Crippen molar-refractivity contribution in [3.05, 3.63) is 45.6 Å². The first-order valence-corrected chi connectivity index (χ1v) is 8.95. The first-order valence-electron chi connectivity index (χ1n) is 7.69. The summed E-state index contributed by atoms with van der Waals surface area (Å²) in [4.78, 5) is 28.7. The lowest BCUT2D eigenvalue weighted by Crippen LogP contribution is -2.31. The van der Waals surface area contributed by atoms with Gasteiger partial charge in [-0.1, -0.05) is 17.7 Å². The molecule has 1 aromatic heterocycles. The van der Waals surface area contributed by atoms with E-state index in [1.807, 2.05) is 17.5 Å². The number of hydrogen-bond donors (Lipinski definition) is 1. The average molecular weight is 364 g/mol. The Labute approximate surface area is 149 Å². The van der Waals surface area contributed by atoms with Crippen LogP contribution in [0.3, 0.4) is 0 Å². The largest absolute Gasteiger partial charge is 0.322 e. The quantitative estimate of drug-likeness (QED) is 0.885. The Balaban J connectivity index is 1.71. The topological polar surface area (TPSA) is 52.7 Å². The molecule has 1 fully saturated rings. The molecule has 0 aliphatic carbocycles. The fourth-order valence-corrected chi connectivity index (χ4v) is 3.54. The highest BCUT2D eigenvalue weighted by Crippen LogP contribution is 2.30. The van der Waals surface area contributed by atoms with E-state index in [1.54, 1.807) is 46.4 Å². The maximum absolute atomic E-state index is 12.4. The minimum Gasteiger partial charge on any atom is -0.322 e. The van der Waals surface area contributed by atoms with Gasteiger partial charge in [0, 0.05) is 30.6 Å². The first-order chi connectivity index (χ1) is 11.5. The van der Waals surface area contributed by atoms with Crippen LogP contribution in [-0.4, -0.2) is 30.4 Å². The highest BCUT2D eigenvalue weighted by molar-refractivity contribution is 7.09. The van der Waals surface area contributed by atoms with Crippen molar-refractivity contribution in [1.29, 1.82) is 0 Å². The van der Waals surface area contributed by atoms with E-state index in [-0.39, 0.29) is 11.9 Å². The molecule has 24 heavy (non-hydrogen) atoms. The predicted octanol–water partition coefficient (Wildman–Crippen LogP) is 4.19. The van der Waals surface area contributed by atoms with E-state index >= 15 is 0 Å². The Morgan fingerprint density at radius 2 is 2.25 bits per heavy atom. The minimum atomic E-state index is -0.241. The summed E-state index contributed by atoms with van der Waals surface area (Å²) >= 11 is 7.80. The average Bonchev–Trinajstić information content (AvgIpc) is 3.21. The van der Waals surface area contributed by atoms with Crippen LogP contribution in [-0.2, 0) is 11.3 Å². The van der Waals surface area contributed by atoms with Crippen molar-refractivity contribution < 1.29 is 9.59 Å². The molecule has 1 saturated heterocycles. The van der Waals surface area contributed by atoms with Gasteiger partial charge in [-0.15, -0.1) is 11.3 Å². The first kappa shape index (κ1) is 16.8. The highest BCUT2D eigenvalue weighted by Gasteiger charge is 2.22. The number of thiophene rings is 1. The predicted molar refractivity (Wildman–Crippen MR) is 97.8 cm³/mol. The van der Waals surface area contributed by atoms with E-state index in [0.29, 0.717) is 30.2 Å². The molecule has 1 aliphatic heterocycles. The number of carbonyl (C=O) groups is 2. The van der Waals surface area contributed by atoms with Crippen molar-refractivity contribution in [2.24, 2.45) is 0 Å². The highest BCUT2D eigenvalue weighted by atomic mass is 35.5. The van der Waals surface area contributed by atoms with E-state index < -0.39 is 0 Å². The number of nitrogens with zero attached hydrogens (tertiary/aromatic N) is 2. The molecule has 3 rings (SSSR count). The molecule has 2 aromatic rings. The molecular formula is C17H18ClN3O2S. The van der Waals surface area contributed by atoms with Crippen molar-refractivity contribution >= 4 is 46.3 Å². The van der Waals surface area contributed by atoms with Crippen LogP contribution in [0.2, 0.25) is 5.02 Å². The van der Waals surface area contributed by atoms with Gasteiger partial charge in [0.1, 0.15) is 0 Å². The number of hydrogen-bond acceptors (Lipinski definition) is 3. The van der Waals surface area contributed by atoms with Crippen LogP contribution < -0.4 is 10.2 Å². The Hall–Kier alpha value is -2.05. The van der Waals surface area contributed by atoms with E-state index in [9.17, 15) is 9.59 Å². The molecule has 7 heteroatoms. The van der Waals surface area contributed by atoms with Crippen LogP contribution in [0.4, 0.5) is 16.2 Å². The molecular weight excluding hydrogens is 346 g/mol.